The minimum atomic E-state index is -0.114. The molecule has 1 fully saturated rings. The second-order valence-corrected chi connectivity index (χ2v) is 7.15. The quantitative estimate of drug-likeness (QED) is 0.854. The highest BCUT2D eigenvalue weighted by molar-refractivity contribution is 5.76. The van der Waals surface area contributed by atoms with Crippen LogP contribution in [0, 0.1) is 0 Å². The molecule has 0 radical (unpaired) electrons. The number of hydrogen-bond acceptors (Lipinski definition) is 5. The molecule has 2 heterocycles. The molecule has 2 rings (SSSR count). The highest BCUT2D eigenvalue weighted by atomic mass is 16.5. The number of carbonyl (C=O) groups excluding carboxylic acids is 1. The molecule has 1 amide bonds. The van der Waals surface area contributed by atoms with Gasteiger partial charge in [0, 0.05) is 24.8 Å². The standard InChI is InChI=1S/C16H27N3O3/c1-11-10-21-12(2)9-19(11)14(20)8-6-7-13-17-15(18-22-13)16(3,4)5/h11-12H,6-10H2,1-5H3/t11-,12-/m0/s1. The predicted molar refractivity (Wildman–Crippen MR) is 82.5 cm³/mol. The summed E-state index contributed by atoms with van der Waals surface area (Å²) < 4.78 is 10.8. The van der Waals surface area contributed by atoms with Crippen LogP contribution >= 0.6 is 0 Å². The van der Waals surface area contributed by atoms with E-state index in [9.17, 15) is 4.79 Å². The maximum Gasteiger partial charge on any atom is 0.226 e. The minimum absolute atomic E-state index is 0.114. The first-order valence-electron chi connectivity index (χ1n) is 8.01. The fourth-order valence-electron chi connectivity index (χ4n) is 2.45. The highest BCUT2D eigenvalue weighted by Crippen LogP contribution is 2.19. The SMILES string of the molecule is C[C@H]1CN(C(=O)CCCc2nc(C(C)(C)C)no2)[C@@H](C)CO1. The largest absolute Gasteiger partial charge is 0.375 e. The first-order valence-corrected chi connectivity index (χ1v) is 8.01. The smallest absolute Gasteiger partial charge is 0.226 e. The Hall–Kier alpha value is -1.43. The number of aryl methyl sites for hydroxylation is 1. The third kappa shape index (κ3) is 4.29. The minimum Gasteiger partial charge on any atom is -0.375 e. The maximum absolute atomic E-state index is 12.3. The van der Waals surface area contributed by atoms with Gasteiger partial charge in [-0.2, -0.15) is 4.98 Å². The molecule has 124 valence electrons. The average molecular weight is 309 g/mol. The van der Waals surface area contributed by atoms with E-state index in [0.717, 1.165) is 6.42 Å². The normalized spacial score (nSPS) is 22.9. The number of carbonyl (C=O) groups is 1. The highest BCUT2D eigenvalue weighted by Gasteiger charge is 2.27. The number of amides is 1. The third-order valence-corrected chi connectivity index (χ3v) is 3.85. The molecule has 1 aromatic rings. The van der Waals surface area contributed by atoms with Crippen molar-refractivity contribution in [3.05, 3.63) is 11.7 Å². The molecule has 0 N–H and O–H groups in total. The van der Waals surface area contributed by atoms with Gasteiger partial charge < -0.3 is 14.2 Å². The van der Waals surface area contributed by atoms with Crippen molar-refractivity contribution in [2.45, 2.75) is 71.4 Å². The van der Waals surface area contributed by atoms with Crippen molar-refractivity contribution in [1.82, 2.24) is 15.0 Å². The van der Waals surface area contributed by atoms with E-state index in [4.69, 9.17) is 9.26 Å². The zero-order valence-corrected chi connectivity index (χ0v) is 14.3. The van der Waals surface area contributed by atoms with Crippen molar-refractivity contribution in [3.8, 4) is 0 Å². The van der Waals surface area contributed by atoms with Gasteiger partial charge in [-0.25, -0.2) is 0 Å². The van der Waals surface area contributed by atoms with Crippen LogP contribution in [0.1, 0.15) is 59.2 Å². The second-order valence-electron chi connectivity index (χ2n) is 7.15. The first kappa shape index (κ1) is 16.9. The molecule has 0 aliphatic carbocycles. The van der Waals surface area contributed by atoms with Gasteiger partial charge in [-0.3, -0.25) is 4.79 Å². The molecular weight excluding hydrogens is 282 g/mol. The molecule has 1 aliphatic heterocycles. The van der Waals surface area contributed by atoms with Crippen LogP contribution in [0.25, 0.3) is 0 Å². The molecule has 1 aromatic heterocycles. The van der Waals surface area contributed by atoms with Crippen molar-refractivity contribution in [2.75, 3.05) is 13.2 Å². The monoisotopic (exact) mass is 309 g/mol. The van der Waals surface area contributed by atoms with Crippen molar-refractivity contribution >= 4 is 5.91 Å². The summed E-state index contributed by atoms with van der Waals surface area (Å²) in [7, 11) is 0. The lowest BCUT2D eigenvalue weighted by molar-refractivity contribution is -0.143. The summed E-state index contributed by atoms with van der Waals surface area (Å²) >= 11 is 0. The Kier molecular flexibility index (Phi) is 5.21. The van der Waals surface area contributed by atoms with E-state index < -0.39 is 0 Å². The zero-order chi connectivity index (χ0) is 16.3. The van der Waals surface area contributed by atoms with Gasteiger partial charge in [-0.1, -0.05) is 25.9 Å². The van der Waals surface area contributed by atoms with E-state index in [0.29, 0.717) is 37.7 Å². The third-order valence-electron chi connectivity index (χ3n) is 3.85. The van der Waals surface area contributed by atoms with Crippen LogP contribution in [0.4, 0.5) is 0 Å². The van der Waals surface area contributed by atoms with Gasteiger partial charge in [0.05, 0.1) is 18.8 Å². The van der Waals surface area contributed by atoms with Crippen LogP contribution < -0.4 is 0 Å². The summed E-state index contributed by atoms with van der Waals surface area (Å²) in [5.41, 5.74) is -0.114. The molecule has 0 saturated carbocycles. The van der Waals surface area contributed by atoms with Gasteiger partial charge in [0.15, 0.2) is 5.82 Å². The summed E-state index contributed by atoms with van der Waals surface area (Å²) in [4.78, 5) is 18.6. The fourth-order valence-corrected chi connectivity index (χ4v) is 2.45. The fraction of sp³-hybridized carbons (Fsp3) is 0.812. The lowest BCUT2D eigenvalue weighted by atomic mass is 9.96. The van der Waals surface area contributed by atoms with Crippen molar-refractivity contribution in [1.29, 1.82) is 0 Å². The predicted octanol–water partition coefficient (Wildman–Crippen LogP) is 2.33. The van der Waals surface area contributed by atoms with Crippen LogP contribution in [0.15, 0.2) is 4.52 Å². The number of rotatable bonds is 4. The van der Waals surface area contributed by atoms with E-state index in [1.807, 2.05) is 39.5 Å². The Balaban J connectivity index is 1.80. The Morgan fingerprint density at radius 1 is 1.36 bits per heavy atom. The molecule has 0 aromatic carbocycles. The van der Waals surface area contributed by atoms with E-state index in [1.165, 1.54) is 0 Å². The molecule has 6 heteroatoms. The molecule has 1 aliphatic rings. The van der Waals surface area contributed by atoms with E-state index in [1.54, 1.807) is 0 Å². The van der Waals surface area contributed by atoms with Crippen molar-refractivity contribution < 1.29 is 14.1 Å². The maximum atomic E-state index is 12.3. The van der Waals surface area contributed by atoms with Gasteiger partial charge in [0.1, 0.15) is 0 Å². The van der Waals surface area contributed by atoms with Gasteiger partial charge in [-0.15, -0.1) is 0 Å². The van der Waals surface area contributed by atoms with Gasteiger partial charge in [-0.05, 0) is 20.3 Å². The summed E-state index contributed by atoms with van der Waals surface area (Å²) in [5, 5.41) is 4.00. The topological polar surface area (TPSA) is 68.5 Å². The van der Waals surface area contributed by atoms with Crippen molar-refractivity contribution in [3.63, 3.8) is 0 Å². The van der Waals surface area contributed by atoms with Crippen LogP contribution in [-0.2, 0) is 21.4 Å². The van der Waals surface area contributed by atoms with Crippen LogP contribution in [0.2, 0.25) is 0 Å². The first-order chi connectivity index (χ1) is 10.3. The Morgan fingerprint density at radius 2 is 2.09 bits per heavy atom. The van der Waals surface area contributed by atoms with Crippen LogP contribution in [-0.4, -0.2) is 46.2 Å². The molecule has 2 atom stereocenters. The Labute approximate surface area is 132 Å². The number of hydrogen-bond donors (Lipinski definition) is 0. The molecule has 0 spiro atoms. The van der Waals surface area contributed by atoms with Gasteiger partial charge >= 0.3 is 0 Å². The molecule has 0 bridgehead atoms. The van der Waals surface area contributed by atoms with E-state index in [2.05, 4.69) is 10.1 Å². The van der Waals surface area contributed by atoms with Crippen LogP contribution in [0.3, 0.4) is 0 Å². The summed E-state index contributed by atoms with van der Waals surface area (Å²) in [6, 6.07) is 0.152. The number of aromatic nitrogens is 2. The molecular formula is C16H27N3O3. The van der Waals surface area contributed by atoms with Crippen molar-refractivity contribution in [2.24, 2.45) is 0 Å². The molecule has 22 heavy (non-hydrogen) atoms. The Morgan fingerprint density at radius 3 is 2.73 bits per heavy atom. The number of morpholine rings is 1. The summed E-state index contributed by atoms with van der Waals surface area (Å²) in [6.45, 7) is 11.5. The lowest BCUT2D eigenvalue weighted by Gasteiger charge is -2.36. The van der Waals surface area contributed by atoms with E-state index >= 15 is 0 Å². The second kappa shape index (κ2) is 6.77. The Bertz CT molecular complexity index is 507. The molecule has 0 unspecified atom stereocenters. The summed E-state index contributed by atoms with van der Waals surface area (Å²) in [5.74, 6) is 1.50. The zero-order valence-electron chi connectivity index (χ0n) is 14.3. The van der Waals surface area contributed by atoms with Gasteiger partial charge in [0.2, 0.25) is 11.8 Å². The van der Waals surface area contributed by atoms with Crippen LogP contribution in [0.5, 0.6) is 0 Å². The average Bonchev–Trinajstić information content (AvgIpc) is 2.90. The number of nitrogens with zero attached hydrogens (tertiary/aromatic N) is 3. The molecule has 6 nitrogen and oxygen atoms in total. The van der Waals surface area contributed by atoms with Gasteiger partial charge in [0.25, 0.3) is 0 Å². The van der Waals surface area contributed by atoms with E-state index in [-0.39, 0.29) is 23.5 Å². The lowest BCUT2D eigenvalue weighted by Crippen LogP contribution is -2.50. The number of ether oxygens (including phenoxy) is 1. The molecule has 1 saturated heterocycles. The summed E-state index contributed by atoms with van der Waals surface area (Å²) in [6.07, 6.45) is 1.99.